The van der Waals surface area contributed by atoms with Gasteiger partial charge < -0.3 is 18.9 Å². The van der Waals surface area contributed by atoms with Crippen molar-refractivity contribution in [2.24, 2.45) is 0 Å². The maximum atomic E-state index is 12.2. The molecule has 0 radical (unpaired) electrons. The van der Waals surface area contributed by atoms with E-state index in [0.717, 1.165) is 5.56 Å². The molecule has 26 heavy (non-hydrogen) atoms. The zero-order valence-corrected chi connectivity index (χ0v) is 15.5. The van der Waals surface area contributed by atoms with Crippen LogP contribution in [-0.2, 0) is 9.53 Å². The van der Waals surface area contributed by atoms with Gasteiger partial charge in [-0.15, -0.1) is 0 Å². The number of ketones is 1. The van der Waals surface area contributed by atoms with Crippen molar-refractivity contribution in [2.75, 3.05) is 27.4 Å². The van der Waals surface area contributed by atoms with Crippen LogP contribution in [0.4, 0.5) is 0 Å². The number of carbonyl (C=O) groups is 2. The molecule has 0 bridgehead atoms. The summed E-state index contributed by atoms with van der Waals surface area (Å²) in [7, 11) is 2.95. The van der Waals surface area contributed by atoms with Crippen LogP contribution >= 0.6 is 11.6 Å². The number of halogens is 1. The van der Waals surface area contributed by atoms with Crippen LogP contribution in [0.5, 0.6) is 17.2 Å². The molecule has 0 saturated carbocycles. The first-order valence-corrected chi connectivity index (χ1v) is 8.12. The Morgan fingerprint density at radius 1 is 0.962 bits per heavy atom. The molecule has 2 rings (SSSR count). The zero-order chi connectivity index (χ0) is 19.1. The number of hydrogen-bond acceptors (Lipinski definition) is 6. The van der Waals surface area contributed by atoms with Gasteiger partial charge in [-0.2, -0.15) is 0 Å². The van der Waals surface area contributed by atoms with Crippen molar-refractivity contribution in [1.29, 1.82) is 0 Å². The maximum absolute atomic E-state index is 12.2. The van der Waals surface area contributed by atoms with Crippen molar-refractivity contribution in [3.8, 4) is 17.2 Å². The number of methoxy groups -OCH3 is 2. The van der Waals surface area contributed by atoms with Crippen LogP contribution in [-0.4, -0.2) is 39.2 Å². The number of carbonyl (C=O) groups excluding carboxylic acids is 2. The third kappa shape index (κ3) is 5.13. The number of rotatable bonds is 8. The predicted octanol–water partition coefficient (Wildman–Crippen LogP) is 3.47. The zero-order valence-electron chi connectivity index (χ0n) is 14.7. The lowest BCUT2D eigenvalue weighted by molar-refractivity contribution is -0.144. The minimum atomic E-state index is -0.677. The van der Waals surface area contributed by atoms with Crippen LogP contribution in [0.1, 0.15) is 15.9 Å². The number of aryl methyl sites for hydroxylation is 1. The van der Waals surface area contributed by atoms with Crippen molar-refractivity contribution >= 4 is 23.4 Å². The van der Waals surface area contributed by atoms with Gasteiger partial charge in [0.2, 0.25) is 5.78 Å². The molecule has 0 aliphatic rings. The fourth-order valence-corrected chi connectivity index (χ4v) is 2.32. The molecular weight excluding hydrogens is 360 g/mol. The second-order valence-corrected chi connectivity index (χ2v) is 5.78. The summed E-state index contributed by atoms with van der Waals surface area (Å²) in [5, 5.41) is 0.391. The number of esters is 1. The molecule has 0 fully saturated rings. The lowest BCUT2D eigenvalue weighted by Crippen LogP contribution is -2.20. The Morgan fingerprint density at radius 3 is 2.42 bits per heavy atom. The lowest BCUT2D eigenvalue weighted by atomic mass is 10.1. The van der Waals surface area contributed by atoms with Gasteiger partial charge in [-0.25, -0.2) is 4.79 Å². The molecule has 0 spiro atoms. The van der Waals surface area contributed by atoms with Gasteiger partial charge in [0, 0.05) is 6.07 Å². The second-order valence-electron chi connectivity index (χ2n) is 5.37. The highest BCUT2D eigenvalue weighted by Gasteiger charge is 2.16. The maximum Gasteiger partial charge on any atom is 0.344 e. The number of Topliss-reactive ketones (excluding diaryl/α,β-unsaturated/α-hetero) is 1. The van der Waals surface area contributed by atoms with Gasteiger partial charge in [-0.05, 0) is 36.8 Å². The highest BCUT2D eigenvalue weighted by Crippen LogP contribution is 2.26. The van der Waals surface area contributed by atoms with Crippen molar-refractivity contribution in [1.82, 2.24) is 0 Å². The summed E-state index contributed by atoms with van der Waals surface area (Å²) >= 11 is 5.99. The van der Waals surface area contributed by atoms with E-state index < -0.39 is 18.4 Å². The van der Waals surface area contributed by atoms with Gasteiger partial charge in [0.1, 0.15) is 17.2 Å². The molecule has 0 aliphatic heterocycles. The fraction of sp³-hybridized carbons (Fsp3) is 0.263. The first-order chi connectivity index (χ1) is 12.4. The van der Waals surface area contributed by atoms with E-state index in [1.165, 1.54) is 14.2 Å². The normalized spacial score (nSPS) is 10.2. The van der Waals surface area contributed by atoms with E-state index in [9.17, 15) is 9.59 Å². The van der Waals surface area contributed by atoms with E-state index in [0.29, 0.717) is 27.8 Å². The standard InChI is InChI=1S/C19H19ClO6/c1-12-4-7-15(20)18(8-12)25-11-19(22)26-10-16(21)14-6-5-13(23-2)9-17(14)24-3/h4-9H,10-11H2,1-3H3. The van der Waals surface area contributed by atoms with Crippen molar-refractivity contribution in [2.45, 2.75) is 6.92 Å². The molecule has 0 atom stereocenters. The molecular formula is C19H19ClO6. The monoisotopic (exact) mass is 378 g/mol. The Balaban J connectivity index is 1.91. The average Bonchev–Trinajstić information content (AvgIpc) is 2.66. The fourth-order valence-electron chi connectivity index (χ4n) is 2.15. The molecule has 0 amide bonds. The minimum absolute atomic E-state index is 0.295. The summed E-state index contributed by atoms with van der Waals surface area (Å²) in [4.78, 5) is 24.1. The molecule has 2 aromatic rings. The molecule has 0 unspecified atom stereocenters. The van der Waals surface area contributed by atoms with Crippen LogP contribution in [0, 0.1) is 6.92 Å². The smallest absolute Gasteiger partial charge is 0.344 e. The van der Waals surface area contributed by atoms with Crippen LogP contribution in [0.3, 0.4) is 0 Å². The van der Waals surface area contributed by atoms with Crippen LogP contribution < -0.4 is 14.2 Å². The minimum Gasteiger partial charge on any atom is -0.497 e. The highest BCUT2D eigenvalue weighted by atomic mass is 35.5. The van der Waals surface area contributed by atoms with E-state index in [-0.39, 0.29) is 6.61 Å². The summed E-state index contributed by atoms with van der Waals surface area (Å²) in [6, 6.07) is 9.98. The van der Waals surface area contributed by atoms with Crippen molar-refractivity contribution in [3.05, 3.63) is 52.5 Å². The molecule has 0 heterocycles. The topological polar surface area (TPSA) is 71.1 Å². The average molecular weight is 379 g/mol. The van der Waals surface area contributed by atoms with Gasteiger partial charge in [0.25, 0.3) is 0 Å². The highest BCUT2D eigenvalue weighted by molar-refractivity contribution is 6.32. The van der Waals surface area contributed by atoms with Crippen molar-refractivity contribution < 1.29 is 28.5 Å². The van der Waals surface area contributed by atoms with Crippen LogP contribution in [0.2, 0.25) is 5.02 Å². The largest absolute Gasteiger partial charge is 0.497 e. The Bertz CT molecular complexity index is 803. The van der Waals surface area contributed by atoms with Crippen LogP contribution in [0.25, 0.3) is 0 Å². The first kappa shape index (κ1) is 19.6. The Hall–Kier alpha value is -2.73. The third-order valence-electron chi connectivity index (χ3n) is 3.51. The number of benzene rings is 2. The Labute approximate surface area is 156 Å². The Kier molecular flexibility index (Phi) is 6.86. The van der Waals surface area contributed by atoms with E-state index >= 15 is 0 Å². The van der Waals surface area contributed by atoms with Gasteiger partial charge >= 0.3 is 5.97 Å². The number of ether oxygens (including phenoxy) is 4. The number of hydrogen-bond donors (Lipinski definition) is 0. The quantitative estimate of drug-likeness (QED) is 0.517. The first-order valence-electron chi connectivity index (χ1n) is 7.74. The van der Waals surface area contributed by atoms with E-state index in [4.69, 9.17) is 30.5 Å². The lowest BCUT2D eigenvalue weighted by Gasteiger charge is -2.11. The molecule has 0 N–H and O–H groups in total. The van der Waals surface area contributed by atoms with Gasteiger partial charge in [0.15, 0.2) is 13.2 Å². The van der Waals surface area contributed by atoms with E-state index in [2.05, 4.69) is 0 Å². The van der Waals surface area contributed by atoms with Gasteiger partial charge in [-0.1, -0.05) is 17.7 Å². The summed E-state index contributed by atoms with van der Waals surface area (Å²) in [6.45, 7) is 1.10. The van der Waals surface area contributed by atoms with Crippen LogP contribution in [0.15, 0.2) is 36.4 Å². The summed E-state index contributed by atoms with van der Waals surface area (Å²) < 4.78 is 20.5. The molecule has 6 nitrogen and oxygen atoms in total. The molecule has 2 aromatic carbocycles. The van der Waals surface area contributed by atoms with Crippen molar-refractivity contribution in [3.63, 3.8) is 0 Å². The summed E-state index contributed by atoms with van der Waals surface area (Å²) in [5.41, 5.74) is 1.24. The second kappa shape index (κ2) is 9.10. The summed E-state index contributed by atoms with van der Waals surface area (Å²) in [5.74, 6) is 0.202. The predicted molar refractivity (Wildman–Crippen MR) is 96.5 cm³/mol. The SMILES string of the molecule is COc1ccc(C(=O)COC(=O)COc2cc(C)ccc2Cl)c(OC)c1. The van der Waals surface area contributed by atoms with E-state index in [1.807, 2.05) is 13.0 Å². The molecule has 0 aromatic heterocycles. The third-order valence-corrected chi connectivity index (χ3v) is 3.82. The molecule has 138 valence electrons. The Morgan fingerprint density at radius 2 is 1.73 bits per heavy atom. The molecule has 0 saturated heterocycles. The van der Waals surface area contributed by atoms with E-state index in [1.54, 1.807) is 30.3 Å². The van der Waals surface area contributed by atoms with Gasteiger partial charge in [0.05, 0.1) is 24.8 Å². The summed E-state index contributed by atoms with van der Waals surface area (Å²) in [6.07, 6.45) is 0. The van der Waals surface area contributed by atoms with Gasteiger partial charge in [-0.3, -0.25) is 4.79 Å². The molecule has 0 aliphatic carbocycles. The molecule has 7 heteroatoms.